The number of benzene rings is 1. The maximum absolute atomic E-state index is 11.4. The highest BCUT2D eigenvalue weighted by atomic mass is 16.5. The number of anilines is 2. The molecule has 0 unspecified atom stereocenters. The van der Waals surface area contributed by atoms with Crippen molar-refractivity contribution in [3.05, 3.63) is 41.3 Å². The van der Waals surface area contributed by atoms with Crippen LogP contribution < -0.4 is 5.32 Å². The average molecular weight is 260 g/mol. The van der Waals surface area contributed by atoms with E-state index in [4.69, 9.17) is 9.15 Å². The second kappa shape index (κ2) is 5.56. The van der Waals surface area contributed by atoms with Gasteiger partial charge < -0.3 is 14.5 Å². The first-order valence-corrected chi connectivity index (χ1v) is 6.06. The van der Waals surface area contributed by atoms with Crippen LogP contribution in [-0.4, -0.2) is 17.6 Å². The molecule has 0 spiro atoms. The maximum Gasteiger partial charge on any atom is 0.360 e. The van der Waals surface area contributed by atoms with Crippen molar-refractivity contribution in [2.24, 2.45) is 0 Å². The van der Waals surface area contributed by atoms with E-state index in [9.17, 15) is 4.79 Å². The molecule has 5 heteroatoms. The van der Waals surface area contributed by atoms with Gasteiger partial charge in [-0.1, -0.05) is 6.07 Å². The minimum Gasteiger partial charge on any atom is -0.461 e. The number of hydrogen-bond donors (Lipinski definition) is 1. The Morgan fingerprint density at radius 1 is 1.32 bits per heavy atom. The molecule has 0 fully saturated rings. The van der Waals surface area contributed by atoms with E-state index in [1.807, 2.05) is 26.0 Å². The first-order chi connectivity index (χ1) is 9.08. The number of aryl methyl sites for hydroxylation is 2. The molecule has 0 saturated heterocycles. The van der Waals surface area contributed by atoms with E-state index in [0.29, 0.717) is 6.61 Å². The van der Waals surface area contributed by atoms with Gasteiger partial charge in [-0.25, -0.2) is 4.79 Å². The van der Waals surface area contributed by atoms with Crippen LogP contribution in [0.5, 0.6) is 0 Å². The van der Waals surface area contributed by atoms with Gasteiger partial charge >= 0.3 is 5.97 Å². The van der Waals surface area contributed by atoms with E-state index in [2.05, 4.69) is 16.4 Å². The molecule has 1 aromatic carbocycles. The van der Waals surface area contributed by atoms with Crippen LogP contribution in [0.1, 0.15) is 28.5 Å². The fourth-order valence-corrected chi connectivity index (χ4v) is 1.80. The lowest BCUT2D eigenvalue weighted by Gasteiger charge is -2.04. The topological polar surface area (TPSA) is 64.4 Å². The third-order valence-electron chi connectivity index (χ3n) is 2.46. The molecule has 1 heterocycles. The molecular weight excluding hydrogens is 244 g/mol. The highest BCUT2D eigenvalue weighted by Gasteiger charge is 2.13. The van der Waals surface area contributed by atoms with Crippen LogP contribution in [0.4, 0.5) is 11.7 Å². The summed E-state index contributed by atoms with van der Waals surface area (Å²) in [5.41, 5.74) is 3.31. The van der Waals surface area contributed by atoms with E-state index in [0.717, 1.165) is 16.8 Å². The Balaban J connectivity index is 2.13. The fraction of sp³-hybridized carbons (Fsp3) is 0.286. The molecule has 0 amide bonds. The zero-order chi connectivity index (χ0) is 13.8. The number of nitrogens with one attached hydrogen (secondary N) is 1. The van der Waals surface area contributed by atoms with Crippen molar-refractivity contribution in [3.8, 4) is 0 Å². The van der Waals surface area contributed by atoms with Crippen molar-refractivity contribution >= 4 is 17.7 Å². The summed E-state index contributed by atoms with van der Waals surface area (Å²) in [5.74, 6) is -0.486. The Hall–Kier alpha value is -2.30. The number of nitrogens with zero attached hydrogens (tertiary/aromatic N) is 1. The third-order valence-corrected chi connectivity index (χ3v) is 2.46. The molecule has 0 radical (unpaired) electrons. The molecule has 0 aliphatic heterocycles. The summed E-state index contributed by atoms with van der Waals surface area (Å²) in [5, 5.41) is 3.02. The summed E-state index contributed by atoms with van der Waals surface area (Å²) < 4.78 is 10.0. The molecule has 100 valence electrons. The average Bonchev–Trinajstić information content (AvgIpc) is 2.76. The Labute approximate surface area is 111 Å². The van der Waals surface area contributed by atoms with E-state index in [1.54, 1.807) is 6.92 Å². The van der Waals surface area contributed by atoms with Gasteiger partial charge in [0.25, 0.3) is 6.01 Å². The van der Waals surface area contributed by atoms with Crippen LogP contribution in [0.25, 0.3) is 0 Å². The Bertz CT molecular complexity index is 570. The lowest BCUT2D eigenvalue weighted by atomic mass is 10.1. The molecule has 1 aromatic heterocycles. The summed E-state index contributed by atoms with van der Waals surface area (Å²) in [6.07, 6.45) is 1.28. The van der Waals surface area contributed by atoms with Crippen molar-refractivity contribution in [2.45, 2.75) is 20.8 Å². The van der Waals surface area contributed by atoms with Crippen molar-refractivity contribution in [2.75, 3.05) is 11.9 Å². The predicted octanol–water partition coefficient (Wildman–Crippen LogP) is 3.21. The molecule has 1 N–H and O–H groups in total. The van der Waals surface area contributed by atoms with Crippen LogP contribution in [0, 0.1) is 13.8 Å². The molecule has 0 aliphatic rings. The highest BCUT2D eigenvalue weighted by molar-refractivity contribution is 5.87. The monoisotopic (exact) mass is 260 g/mol. The minimum absolute atomic E-state index is 0.161. The predicted molar refractivity (Wildman–Crippen MR) is 71.7 cm³/mol. The number of carbonyl (C=O) groups excluding carboxylic acids is 1. The van der Waals surface area contributed by atoms with Crippen LogP contribution in [-0.2, 0) is 4.74 Å². The van der Waals surface area contributed by atoms with Crippen molar-refractivity contribution in [1.29, 1.82) is 0 Å². The Morgan fingerprint density at radius 2 is 2.00 bits per heavy atom. The summed E-state index contributed by atoms with van der Waals surface area (Å²) in [4.78, 5) is 15.5. The van der Waals surface area contributed by atoms with Gasteiger partial charge in [-0.3, -0.25) is 0 Å². The van der Waals surface area contributed by atoms with Crippen molar-refractivity contribution in [3.63, 3.8) is 0 Å². The third kappa shape index (κ3) is 3.34. The molecule has 2 rings (SSSR count). The van der Waals surface area contributed by atoms with Gasteiger partial charge in [0, 0.05) is 5.69 Å². The SMILES string of the molecule is CCOC(=O)c1coc(Nc2cc(C)cc(C)c2)n1. The fourth-order valence-electron chi connectivity index (χ4n) is 1.80. The molecule has 0 aliphatic carbocycles. The van der Waals surface area contributed by atoms with Gasteiger partial charge in [0.1, 0.15) is 6.26 Å². The van der Waals surface area contributed by atoms with Gasteiger partial charge in [0.15, 0.2) is 5.69 Å². The number of rotatable bonds is 4. The first kappa shape index (κ1) is 13.1. The molecule has 0 atom stereocenters. The zero-order valence-electron chi connectivity index (χ0n) is 11.2. The van der Waals surface area contributed by atoms with Gasteiger partial charge in [-0.05, 0) is 44.0 Å². The van der Waals surface area contributed by atoms with Crippen LogP contribution in [0.2, 0.25) is 0 Å². The second-order valence-electron chi connectivity index (χ2n) is 4.26. The smallest absolute Gasteiger partial charge is 0.360 e. The van der Waals surface area contributed by atoms with Gasteiger partial charge in [-0.2, -0.15) is 4.98 Å². The molecule has 0 saturated carbocycles. The van der Waals surface area contributed by atoms with Crippen LogP contribution >= 0.6 is 0 Å². The number of carbonyl (C=O) groups is 1. The Kier molecular flexibility index (Phi) is 3.85. The summed E-state index contributed by atoms with van der Waals surface area (Å²) in [6, 6.07) is 6.29. The summed E-state index contributed by atoms with van der Waals surface area (Å²) >= 11 is 0. The van der Waals surface area contributed by atoms with Crippen molar-refractivity contribution in [1.82, 2.24) is 4.98 Å². The number of aromatic nitrogens is 1. The number of esters is 1. The highest BCUT2D eigenvalue weighted by Crippen LogP contribution is 2.19. The number of hydrogen-bond acceptors (Lipinski definition) is 5. The van der Waals surface area contributed by atoms with E-state index < -0.39 is 5.97 Å². The largest absolute Gasteiger partial charge is 0.461 e. The lowest BCUT2D eigenvalue weighted by Crippen LogP contribution is -2.05. The number of ether oxygens (including phenoxy) is 1. The van der Waals surface area contributed by atoms with E-state index in [1.165, 1.54) is 6.26 Å². The first-order valence-electron chi connectivity index (χ1n) is 6.06. The minimum atomic E-state index is -0.486. The van der Waals surface area contributed by atoms with Gasteiger partial charge in [0.2, 0.25) is 0 Å². The van der Waals surface area contributed by atoms with Crippen LogP contribution in [0.15, 0.2) is 28.9 Å². The van der Waals surface area contributed by atoms with E-state index in [-0.39, 0.29) is 11.7 Å². The molecular formula is C14H16N2O3. The molecule has 0 bridgehead atoms. The standard InChI is InChI=1S/C14H16N2O3/c1-4-18-13(17)12-8-19-14(16-12)15-11-6-9(2)5-10(3)7-11/h5-8H,4H2,1-3H3,(H,15,16). The summed E-state index contributed by atoms with van der Waals surface area (Å²) in [6.45, 7) is 6.08. The van der Waals surface area contributed by atoms with Gasteiger partial charge in [-0.15, -0.1) is 0 Å². The quantitative estimate of drug-likeness (QED) is 0.855. The molecule has 2 aromatic rings. The molecule has 5 nitrogen and oxygen atoms in total. The maximum atomic E-state index is 11.4. The van der Waals surface area contributed by atoms with E-state index >= 15 is 0 Å². The van der Waals surface area contributed by atoms with Crippen molar-refractivity contribution < 1.29 is 13.9 Å². The van der Waals surface area contributed by atoms with Gasteiger partial charge in [0.05, 0.1) is 6.61 Å². The lowest BCUT2D eigenvalue weighted by molar-refractivity contribution is 0.0519. The summed E-state index contributed by atoms with van der Waals surface area (Å²) in [7, 11) is 0. The Morgan fingerprint density at radius 3 is 2.63 bits per heavy atom. The van der Waals surface area contributed by atoms with Crippen LogP contribution in [0.3, 0.4) is 0 Å². The molecule has 19 heavy (non-hydrogen) atoms. The number of oxazole rings is 1. The second-order valence-corrected chi connectivity index (χ2v) is 4.26. The normalized spacial score (nSPS) is 10.3. The zero-order valence-corrected chi connectivity index (χ0v) is 11.2.